The van der Waals surface area contributed by atoms with Crippen LogP contribution in [0, 0.1) is 0 Å². The summed E-state index contributed by atoms with van der Waals surface area (Å²) < 4.78 is 0. The standard InChI is InChI=1S/C16H14N2O3S/c1-17(2)10-5-7-11(8-6-10)18-15(20)13(14(19)16(18)21)12-4-3-9-22-12/h3-9,19H,1-2H3. The van der Waals surface area contributed by atoms with Gasteiger partial charge in [-0.2, -0.15) is 0 Å². The molecule has 2 heterocycles. The Balaban J connectivity index is 1.97. The van der Waals surface area contributed by atoms with Gasteiger partial charge < -0.3 is 10.0 Å². The normalized spacial score (nSPS) is 14.9. The SMILES string of the molecule is CN(C)c1ccc(N2C(=O)C(O)=C(c3cccs3)C2=O)cc1. The van der Waals surface area contributed by atoms with Crippen LogP contribution in [-0.2, 0) is 9.59 Å². The van der Waals surface area contributed by atoms with Crippen molar-refractivity contribution in [1.29, 1.82) is 0 Å². The van der Waals surface area contributed by atoms with Gasteiger partial charge in [0.15, 0.2) is 5.76 Å². The summed E-state index contributed by atoms with van der Waals surface area (Å²) in [7, 11) is 3.81. The molecule has 0 bridgehead atoms. The zero-order valence-electron chi connectivity index (χ0n) is 12.1. The lowest BCUT2D eigenvalue weighted by molar-refractivity contribution is -0.121. The number of benzene rings is 1. The number of rotatable bonds is 3. The number of hydrogen-bond donors (Lipinski definition) is 1. The monoisotopic (exact) mass is 314 g/mol. The molecule has 2 aromatic rings. The number of aliphatic hydroxyl groups is 1. The van der Waals surface area contributed by atoms with E-state index in [1.54, 1.807) is 29.6 Å². The van der Waals surface area contributed by atoms with Crippen molar-refractivity contribution in [2.45, 2.75) is 0 Å². The van der Waals surface area contributed by atoms with E-state index in [9.17, 15) is 14.7 Å². The molecule has 3 rings (SSSR count). The smallest absolute Gasteiger partial charge is 0.301 e. The molecule has 1 aliphatic rings. The second kappa shape index (κ2) is 5.31. The van der Waals surface area contributed by atoms with E-state index in [0.717, 1.165) is 10.6 Å². The number of amides is 2. The van der Waals surface area contributed by atoms with Crippen LogP contribution in [0.1, 0.15) is 4.88 Å². The Labute approximate surface area is 131 Å². The number of carbonyl (C=O) groups is 2. The summed E-state index contributed by atoms with van der Waals surface area (Å²) in [5.41, 5.74) is 1.47. The van der Waals surface area contributed by atoms with Crippen molar-refractivity contribution >= 4 is 40.1 Å². The summed E-state index contributed by atoms with van der Waals surface area (Å²) in [6.07, 6.45) is 0. The van der Waals surface area contributed by atoms with Crippen molar-refractivity contribution in [1.82, 2.24) is 0 Å². The second-order valence-corrected chi connectivity index (χ2v) is 6.01. The lowest BCUT2D eigenvalue weighted by Gasteiger charge is -2.17. The average molecular weight is 314 g/mol. The van der Waals surface area contributed by atoms with E-state index in [2.05, 4.69) is 0 Å². The highest BCUT2D eigenvalue weighted by molar-refractivity contribution is 7.11. The third kappa shape index (κ3) is 2.17. The first-order valence-electron chi connectivity index (χ1n) is 6.64. The Kier molecular flexibility index (Phi) is 3.46. The fourth-order valence-electron chi connectivity index (χ4n) is 2.30. The number of hydrogen-bond acceptors (Lipinski definition) is 5. The first-order chi connectivity index (χ1) is 10.5. The van der Waals surface area contributed by atoms with E-state index >= 15 is 0 Å². The third-order valence-corrected chi connectivity index (χ3v) is 4.34. The highest BCUT2D eigenvalue weighted by Crippen LogP contribution is 2.34. The summed E-state index contributed by atoms with van der Waals surface area (Å²) in [6, 6.07) is 10.5. The summed E-state index contributed by atoms with van der Waals surface area (Å²) in [4.78, 5) is 28.3. The highest BCUT2D eigenvalue weighted by Gasteiger charge is 2.40. The van der Waals surface area contributed by atoms with Gasteiger partial charge in [0.2, 0.25) is 0 Å². The molecule has 22 heavy (non-hydrogen) atoms. The minimum atomic E-state index is -0.689. The maximum Gasteiger partial charge on any atom is 0.301 e. The Hall–Kier alpha value is -2.60. The molecule has 112 valence electrons. The molecule has 5 nitrogen and oxygen atoms in total. The van der Waals surface area contributed by atoms with Gasteiger partial charge in [-0.05, 0) is 35.7 Å². The van der Waals surface area contributed by atoms with Gasteiger partial charge in [0.05, 0.1) is 5.69 Å². The number of aliphatic hydroxyl groups excluding tert-OH is 1. The van der Waals surface area contributed by atoms with Crippen molar-refractivity contribution in [2.24, 2.45) is 0 Å². The average Bonchev–Trinajstić information content (AvgIpc) is 3.08. The molecule has 1 aromatic heterocycles. The van der Waals surface area contributed by atoms with E-state index in [1.807, 2.05) is 31.1 Å². The minimum absolute atomic E-state index is 0.0664. The Morgan fingerprint density at radius 3 is 2.27 bits per heavy atom. The van der Waals surface area contributed by atoms with Crippen molar-refractivity contribution in [3.05, 3.63) is 52.4 Å². The molecule has 0 aliphatic carbocycles. The number of thiophene rings is 1. The lowest BCUT2D eigenvalue weighted by atomic mass is 10.2. The van der Waals surface area contributed by atoms with Crippen LogP contribution in [0.4, 0.5) is 11.4 Å². The summed E-state index contributed by atoms with van der Waals surface area (Å²) in [6.45, 7) is 0. The van der Waals surface area contributed by atoms with Crippen LogP contribution in [0.25, 0.3) is 5.57 Å². The predicted octanol–water partition coefficient (Wildman–Crippen LogP) is 2.66. The molecule has 0 unspecified atom stereocenters. The van der Waals surface area contributed by atoms with Crippen molar-refractivity contribution in [3.63, 3.8) is 0 Å². The molecule has 0 spiro atoms. The quantitative estimate of drug-likeness (QED) is 0.885. The van der Waals surface area contributed by atoms with Gasteiger partial charge in [-0.1, -0.05) is 6.07 Å². The maximum absolute atomic E-state index is 12.5. The molecule has 0 saturated heterocycles. The van der Waals surface area contributed by atoms with E-state index < -0.39 is 17.6 Å². The first kappa shape index (κ1) is 14.3. The van der Waals surface area contributed by atoms with E-state index in [-0.39, 0.29) is 5.57 Å². The van der Waals surface area contributed by atoms with Crippen LogP contribution in [0.3, 0.4) is 0 Å². The molecule has 1 aliphatic heterocycles. The van der Waals surface area contributed by atoms with Gasteiger partial charge in [-0.3, -0.25) is 9.59 Å². The van der Waals surface area contributed by atoms with Crippen LogP contribution in [0.15, 0.2) is 47.5 Å². The predicted molar refractivity (Wildman–Crippen MR) is 87.1 cm³/mol. The molecule has 1 N–H and O–H groups in total. The topological polar surface area (TPSA) is 60.9 Å². The Morgan fingerprint density at radius 2 is 1.73 bits per heavy atom. The maximum atomic E-state index is 12.5. The summed E-state index contributed by atoms with van der Waals surface area (Å²) in [5.74, 6) is -1.68. The molecular formula is C16H14N2O3S. The molecule has 0 atom stereocenters. The first-order valence-corrected chi connectivity index (χ1v) is 7.52. The van der Waals surface area contributed by atoms with E-state index in [4.69, 9.17) is 0 Å². The van der Waals surface area contributed by atoms with Crippen LogP contribution in [0.5, 0.6) is 0 Å². The molecule has 6 heteroatoms. The van der Waals surface area contributed by atoms with Crippen LogP contribution < -0.4 is 9.80 Å². The fourth-order valence-corrected chi connectivity index (χ4v) is 3.06. The van der Waals surface area contributed by atoms with Gasteiger partial charge in [-0.15, -0.1) is 11.3 Å². The van der Waals surface area contributed by atoms with Crippen LogP contribution in [0.2, 0.25) is 0 Å². The summed E-state index contributed by atoms with van der Waals surface area (Å²) in [5, 5.41) is 11.8. The largest absolute Gasteiger partial charge is 0.502 e. The van der Waals surface area contributed by atoms with Crippen molar-refractivity contribution in [3.8, 4) is 0 Å². The molecule has 0 fully saturated rings. The molecule has 1 aromatic carbocycles. The zero-order chi connectivity index (χ0) is 15.9. The number of nitrogens with zero attached hydrogens (tertiary/aromatic N) is 2. The van der Waals surface area contributed by atoms with E-state index in [1.165, 1.54) is 11.3 Å². The molecule has 2 amide bonds. The fraction of sp³-hybridized carbons (Fsp3) is 0.125. The van der Waals surface area contributed by atoms with Crippen LogP contribution >= 0.6 is 11.3 Å². The van der Waals surface area contributed by atoms with Crippen molar-refractivity contribution < 1.29 is 14.7 Å². The third-order valence-electron chi connectivity index (χ3n) is 3.45. The Bertz CT molecular complexity index is 761. The van der Waals surface area contributed by atoms with Gasteiger partial charge in [0.1, 0.15) is 5.57 Å². The van der Waals surface area contributed by atoms with Gasteiger partial charge in [-0.25, -0.2) is 4.90 Å². The zero-order valence-corrected chi connectivity index (χ0v) is 12.9. The van der Waals surface area contributed by atoms with Gasteiger partial charge in [0, 0.05) is 24.7 Å². The minimum Gasteiger partial charge on any atom is -0.502 e. The summed E-state index contributed by atoms with van der Waals surface area (Å²) >= 11 is 1.31. The highest BCUT2D eigenvalue weighted by atomic mass is 32.1. The van der Waals surface area contributed by atoms with Crippen LogP contribution in [-0.4, -0.2) is 31.0 Å². The van der Waals surface area contributed by atoms with Gasteiger partial charge >= 0.3 is 5.91 Å². The molecule has 0 radical (unpaired) electrons. The molecule has 0 saturated carbocycles. The second-order valence-electron chi connectivity index (χ2n) is 5.06. The van der Waals surface area contributed by atoms with E-state index in [0.29, 0.717) is 10.6 Å². The number of carbonyl (C=O) groups excluding carboxylic acids is 2. The Morgan fingerprint density at radius 1 is 1.05 bits per heavy atom. The number of anilines is 2. The van der Waals surface area contributed by atoms with Crippen molar-refractivity contribution in [2.75, 3.05) is 23.9 Å². The molecular weight excluding hydrogens is 300 g/mol. The lowest BCUT2D eigenvalue weighted by Crippen LogP contribution is -2.31. The number of imide groups is 1. The van der Waals surface area contributed by atoms with Gasteiger partial charge in [0.25, 0.3) is 5.91 Å².